The van der Waals surface area contributed by atoms with Crippen molar-refractivity contribution in [2.75, 3.05) is 26.2 Å². The number of carbonyl (C=O) groups excluding carboxylic acids is 2. The second kappa shape index (κ2) is 8.73. The summed E-state index contributed by atoms with van der Waals surface area (Å²) in [6, 6.07) is 3.37. The lowest BCUT2D eigenvalue weighted by atomic mass is 9.97. The van der Waals surface area contributed by atoms with Crippen molar-refractivity contribution in [3.05, 3.63) is 23.7 Å². The van der Waals surface area contributed by atoms with Gasteiger partial charge in [0, 0.05) is 13.1 Å². The van der Waals surface area contributed by atoms with Crippen molar-refractivity contribution < 1.29 is 14.0 Å². The van der Waals surface area contributed by atoms with E-state index in [1.165, 1.54) is 0 Å². The zero-order chi connectivity index (χ0) is 17.5. The highest BCUT2D eigenvalue weighted by Crippen LogP contribution is 2.16. The average Bonchev–Trinajstić information content (AvgIpc) is 2.98. The zero-order valence-electron chi connectivity index (χ0n) is 14.5. The Kier molecular flexibility index (Phi) is 6.66. The zero-order valence-corrected chi connectivity index (χ0v) is 14.5. The fourth-order valence-corrected chi connectivity index (χ4v) is 3.00. The van der Waals surface area contributed by atoms with Gasteiger partial charge in [-0.05, 0) is 58.3 Å². The standard InChI is InChI=1S/C17H28N4O3/c1-12-6-7-15(24-12)13(2)20-17(23)19-8-4-10-21-9-3-5-14(11-21)16(18)22/h6-7,13-14H,3-5,8-11H2,1-2H3,(H2,18,22)(H2,19,20,23)/t13-,14+/m1/s1. The third-order valence-electron chi connectivity index (χ3n) is 4.38. The quantitative estimate of drug-likeness (QED) is 0.657. The molecule has 1 saturated heterocycles. The molecular weight excluding hydrogens is 308 g/mol. The summed E-state index contributed by atoms with van der Waals surface area (Å²) in [6.07, 6.45) is 2.73. The summed E-state index contributed by atoms with van der Waals surface area (Å²) in [5.41, 5.74) is 5.38. The second-order valence-corrected chi connectivity index (χ2v) is 6.47. The number of carbonyl (C=O) groups is 2. The van der Waals surface area contributed by atoms with E-state index in [0.29, 0.717) is 6.54 Å². The summed E-state index contributed by atoms with van der Waals surface area (Å²) in [5.74, 6) is 1.33. The van der Waals surface area contributed by atoms with Gasteiger partial charge in [-0.2, -0.15) is 0 Å². The Labute approximate surface area is 142 Å². The molecule has 2 rings (SSSR count). The number of furan rings is 1. The minimum atomic E-state index is -0.209. The molecule has 1 fully saturated rings. The Morgan fingerprint density at radius 1 is 1.46 bits per heavy atom. The maximum Gasteiger partial charge on any atom is 0.315 e. The molecule has 0 aliphatic carbocycles. The molecule has 24 heavy (non-hydrogen) atoms. The van der Waals surface area contributed by atoms with E-state index in [1.54, 1.807) is 0 Å². The first kappa shape index (κ1) is 18.3. The lowest BCUT2D eigenvalue weighted by Crippen LogP contribution is -2.42. The molecule has 4 N–H and O–H groups in total. The molecule has 0 spiro atoms. The summed E-state index contributed by atoms with van der Waals surface area (Å²) < 4.78 is 5.49. The highest BCUT2D eigenvalue weighted by molar-refractivity contribution is 5.77. The van der Waals surface area contributed by atoms with Crippen LogP contribution in [0.5, 0.6) is 0 Å². The lowest BCUT2D eigenvalue weighted by molar-refractivity contribution is -0.123. The minimum Gasteiger partial charge on any atom is -0.464 e. The maximum atomic E-state index is 11.9. The van der Waals surface area contributed by atoms with E-state index >= 15 is 0 Å². The van der Waals surface area contributed by atoms with Gasteiger partial charge < -0.3 is 25.7 Å². The van der Waals surface area contributed by atoms with Gasteiger partial charge in [0.1, 0.15) is 11.5 Å². The van der Waals surface area contributed by atoms with E-state index in [1.807, 2.05) is 26.0 Å². The summed E-state index contributed by atoms with van der Waals surface area (Å²) in [5, 5.41) is 5.71. The van der Waals surface area contributed by atoms with Gasteiger partial charge >= 0.3 is 6.03 Å². The van der Waals surface area contributed by atoms with E-state index in [0.717, 1.165) is 50.4 Å². The number of hydrogen-bond acceptors (Lipinski definition) is 4. The van der Waals surface area contributed by atoms with Crippen molar-refractivity contribution in [2.24, 2.45) is 11.7 Å². The largest absolute Gasteiger partial charge is 0.464 e. The van der Waals surface area contributed by atoms with E-state index in [9.17, 15) is 9.59 Å². The molecule has 1 aliphatic rings. The molecule has 1 aromatic rings. The Balaban J connectivity index is 1.61. The Bertz CT molecular complexity index is 558. The molecule has 1 aromatic heterocycles. The third-order valence-corrected chi connectivity index (χ3v) is 4.38. The molecule has 7 nitrogen and oxygen atoms in total. The number of nitrogens with two attached hydrogens (primary N) is 1. The summed E-state index contributed by atoms with van der Waals surface area (Å²) in [7, 11) is 0. The fourth-order valence-electron chi connectivity index (χ4n) is 3.00. The molecule has 2 atom stereocenters. The maximum absolute atomic E-state index is 11.9. The minimum absolute atomic E-state index is 0.0346. The van der Waals surface area contributed by atoms with Crippen LogP contribution in [0.15, 0.2) is 16.5 Å². The van der Waals surface area contributed by atoms with Gasteiger partial charge in [0.15, 0.2) is 0 Å². The number of urea groups is 1. The van der Waals surface area contributed by atoms with Crippen molar-refractivity contribution in [2.45, 2.75) is 39.2 Å². The van der Waals surface area contributed by atoms with Gasteiger partial charge in [0.05, 0.1) is 12.0 Å². The van der Waals surface area contributed by atoms with E-state index in [2.05, 4.69) is 15.5 Å². The first-order valence-electron chi connectivity index (χ1n) is 8.58. The molecule has 7 heteroatoms. The third kappa shape index (κ3) is 5.56. The predicted molar refractivity (Wildman–Crippen MR) is 91.4 cm³/mol. The highest BCUT2D eigenvalue weighted by Gasteiger charge is 2.23. The van der Waals surface area contributed by atoms with Crippen LogP contribution in [0.3, 0.4) is 0 Å². The van der Waals surface area contributed by atoms with Gasteiger partial charge in [0.2, 0.25) is 5.91 Å². The predicted octanol–water partition coefficient (Wildman–Crippen LogP) is 1.54. The first-order chi connectivity index (χ1) is 11.5. The lowest BCUT2D eigenvalue weighted by Gasteiger charge is -2.31. The van der Waals surface area contributed by atoms with E-state index in [-0.39, 0.29) is 23.9 Å². The molecule has 1 aliphatic heterocycles. The Morgan fingerprint density at radius 2 is 2.25 bits per heavy atom. The highest BCUT2D eigenvalue weighted by atomic mass is 16.3. The van der Waals surface area contributed by atoms with Crippen molar-refractivity contribution in [1.29, 1.82) is 0 Å². The smallest absolute Gasteiger partial charge is 0.315 e. The summed E-state index contributed by atoms with van der Waals surface area (Å²) in [4.78, 5) is 25.4. The SMILES string of the molecule is Cc1ccc([C@@H](C)NC(=O)NCCCN2CCC[C@H](C(N)=O)C2)o1. The van der Waals surface area contributed by atoms with Crippen LogP contribution in [-0.2, 0) is 4.79 Å². The van der Waals surface area contributed by atoms with Crippen LogP contribution in [0.1, 0.15) is 43.7 Å². The van der Waals surface area contributed by atoms with E-state index in [4.69, 9.17) is 10.2 Å². The number of rotatable bonds is 7. The summed E-state index contributed by atoms with van der Waals surface area (Å²) in [6.45, 7) is 6.93. The monoisotopic (exact) mass is 336 g/mol. The van der Waals surface area contributed by atoms with Crippen molar-refractivity contribution >= 4 is 11.9 Å². The molecule has 0 unspecified atom stereocenters. The normalized spacial score (nSPS) is 19.7. The van der Waals surface area contributed by atoms with Gasteiger partial charge in [0.25, 0.3) is 0 Å². The Morgan fingerprint density at radius 3 is 2.92 bits per heavy atom. The number of likely N-dealkylation sites (tertiary alicyclic amines) is 1. The second-order valence-electron chi connectivity index (χ2n) is 6.47. The molecule has 2 heterocycles. The number of nitrogens with zero attached hydrogens (tertiary/aromatic N) is 1. The van der Waals surface area contributed by atoms with Crippen molar-refractivity contribution in [3.63, 3.8) is 0 Å². The van der Waals surface area contributed by atoms with E-state index < -0.39 is 0 Å². The van der Waals surface area contributed by atoms with Crippen LogP contribution in [0, 0.1) is 12.8 Å². The average molecular weight is 336 g/mol. The van der Waals surface area contributed by atoms with Gasteiger partial charge in [-0.15, -0.1) is 0 Å². The molecule has 0 saturated carbocycles. The Hall–Kier alpha value is -2.02. The van der Waals surface area contributed by atoms with Crippen molar-refractivity contribution in [3.8, 4) is 0 Å². The number of aryl methyl sites for hydroxylation is 1. The van der Waals surface area contributed by atoms with Crippen LogP contribution in [0.4, 0.5) is 4.79 Å². The van der Waals surface area contributed by atoms with Crippen molar-refractivity contribution in [1.82, 2.24) is 15.5 Å². The first-order valence-corrected chi connectivity index (χ1v) is 8.58. The molecule has 0 aromatic carbocycles. The van der Waals surface area contributed by atoms with Gasteiger partial charge in [-0.25, -0.2) is 4.79 Å². The fraction of sp³-hybridized carbons (Fsp3) is 0.647. The summed E-state index contributed by atoms with van der Waals surface area (Å²) >= 11 is 0. The number of hydrogen-bond donors (Lipinski definition) is 3. The van der Waals surface area contributed by atoms with Gasteiger partial charge in [-0.3, -0.25) is 4.79 Å². The van der Waals surface area contributed by atoms with Crippen LogP contribution in [-0.4, -0.2) is 43.0 Å². The topological polar surface area (TPSA) is 101 Å². The number of primary amides is 1. The molecule has 0 bridgehead atoms. The molecule has 0 radical (unpaired) electrons. The van der Waals surface area contributed by atoms with Crippen LogP contribution >= 0.6 is 0 Å². The number of piperidine rings is 1. The number of nitrogens with one attached hydrogen (secondary N) is 2. The van der Waals surface area contributed by atoms with Crippen LogP contribution in [0.25, 0.3) is 0 Å². The molecule has 134 valence electrons. The molecule has 3 amide bonds. The van der Waals surface area contributed by atoms with Crippen LogP contribution in [0.2, 0.25) is 0 Å². The molecular formula is C17H28N4O3. The van der Waals surface area contributed by atoms with Crippen LogP contribution < -0.4 is 16.4 Å². The van der Waals surface area contributed by atoms with Gasteiger partial charge in [-0.1, -0.05) is 0 Å². The number of amides is 3.